The lowest BCUT2D eigenvalue weighted by molar-refractivity contribution is 0.379. The van der Waals surface area contributed by atoms with Crippen molar-refractivity contribution in [2.75, 3.05) is 7.11 Å². The summed E-state index contributed by atoms with van der Waals surface area (Å²) in [4.78, 5) is 8.56. The van der Waals surface area contributed by atoms with Crippen LogP contribution in [0.2, 0.25) is 0 Å². The third kappa shape index (κ3) is 3.53. The lowest BCUT2D eigenvalue weighted by Crippen LogP contribution is -1.96. The summed E-state index contributed by atoms with van der Waals surface area (Å²) in [7, 11) is 1.57. The molecule has 1 unspecified atom stereocenters. The minimum atomic E-state index is 0.362. The Labute approximate surface area is 115 Å². The molecule has 1 aromatic carbocycles. The van der Waals surface area contributed by atoms with Gasteiger partial charge in [0.15, 0.2) is 0 Å². The Bertz CT molecular complexity index is 473. The molecule has 0 bridgehead atoms. The molecular weight excluding hydrogens is 292 g/mol. The van der Waals surface area contributed by atoms with Gasteiger partial charge in [0.25, 0.3) is 0 Å². The topological polar surface area (TPSA) is 35.0 Å². The first-order valence-corrected chi connectivity index (χ1v) is 6.75. The zero-order valence-electron chi connectivity index (χ0n) is 10.2. The number of methoxy groups -OCH3 is 1. The average molecular weight is 307 g/mol. The fourth-order valence-corrected chi connectivity index (χ4v) is 2.23. The number of hydrogen-bond donors (Lipinski definition) is 0. The number of benzene rings is 1. The highest BCUT2D eigenvalue weighted by Crippen LogP contribution is 2.27. The van der Waals surface area contributed by atoms with Gasteiger partial charge in [0.2, 0.25) is 0 Å². The molecule has 0 spiro atoms. The van der Waals surface area contributed by atoms with Crippen LogP contribution in [0.1, 0.15) is 22.4 Å². The van der Waals surface area contributed by atoms with Gasteiger partial charge >= 0.3 is 6.01 Å². The Balaban J connectivity index is 1.91. The molecule has 0 radical (unpaired) electrons. The second kappa shape index (κ2) is 6.50. The van der Waals surface area contributed by atoms with Gasteiger partial charge in [-0.2, -0.15) is 0 Å². The van der Waals surface area contributed by atoms with E-state index < -0.39 is 0 Å². The molecular formula is C14H15BrN2O. The molecule has 94 valence electrons. The van der Waals surface area contributed by atoms with Crippen LogP contribution in [-0.4, -0.2) is 17.1 Å². The molecule has 0 N–H and O–H groups in total. The van der Waals surface area contributed by atoms with E-state index in [2.05, 4.69) is 50.2 Å². The van der Waals surface area contributed by atoms with Crippen molar-refractivity contribution in [3.63, 3.8) is 0 Å². The van der Waals surface area contributed by atoms with Gasteiger partial charge in [0.1, 0.15) is 0 Å². The van der Waals surface area contributed by atoms with Crippen molar-refractivity contribution >= 4 is 15.9 Å². The number of rotatable bonds is 5. The van der Waals surface area contributed by atoms with Crippen LogP contribution in [0.3, 0.4) is 0 Å². The van der Waals surface area contributed by atoms with Gasteiger partial charge in [-0.3, -0.25) is 0 Å². The van der Waals surface area contributed by atoms with E-state index >= 15 is 0 Å². The predicted octanol–water partition coefficient (Wildman–Crippen LogP) is 3.55. The lowest BCUT2D eigenvalue weighted by atomic mass is 10.1. The second-order valence-corrected chi connectivity index (χ2v) is 5.10. The van der Waals surface area contributed by atoms with Crippen LogP contribution in [0.25, 0.3) is 0 Å². The van der Waals surface area contributed by atoms with Crippen LogP contribution in [0.15, 0.2) is 42.7 Å². The first kappa shape index (κ1) is 13.0. The average Bonchev–Trinajstić information content (AvgIpc) is 2.46. The number of ether oxygens (including phenoxy) is 1. The number of nitrogens with zero attached hydrogens (tertiary/aromatic N) is 2. The third-order valence-corrected chi connectivity index (χ3v) is 3.70. The molecule has 0 aliphatic rings. The van der Waals surface area contributed by atoms with E-state index in [1.807, 2.05) is 18.5 Å². The van der Waals surface area contributed by atoms with E-state index in [1.54, 1.807) is 7.11 Å². The monoisotopic (exact) mass is 306 g/mol. The van der Waals surface area contributed by atoms with Crippen molar-refractivity contribution in [2.45, 2.75) is 17.7 Å². The van der Waals surface area contributed by atoms with Gasteiger partial charge in [-0.15, -0.1) is 0 Å². The van der Waals surface area contributed by atoms with Crippen molar-refractivity contribution in [3.05, 3.63) is 53.9 Å². The van der Waals surface area contributed by atoms with Crippen molar-refractivity contribution in [1.29, 1.82) is 0 Å². The molecule has 2 aromatic rings. The highest BCUT2D eigenvalue weighted by molar-refractivity contribution is 9.09. The third-order valence-electron chi connectivity index (χ3n) is 2.71. The standard InChI is InChI=1S/C14H15BrN2O/c1-18-14-16-9-11(10-17-14)7-8-13(15)12-5-3-2-4-6-12/h2-6,9-10,13H,7-8H2,1H3. The molecule has 4 heteroatoms. The zero-order chi connectivity index (χ0) is 12.8. The van der Waals surface area contributed by atoms with Crippen LogP contribution in [0.5, 0.6) is 6.01 Å². The fourth-order valence-electron chi connectivity index (χ4n) is 1.70. The van der Waals surface area contributed by atoms with E-state index in [0.717, 1.165) is 18.4 Å². The summed E-state index contributed by atoms with van der Waals surface area (Å²) in [6, 6.07) is 10.8. The summed E-state index contributed by atoms with van der Waals surface area (Å²) in [6.07, 6.45) is 5.58. The Morgan fingerprint density at radius 3 is 2.44 bits per heavy atom. The normalized spacial score (nSPS) is 12.1. The van der Waals surface area contributed by atoms with Crippen molar-refractivity contribution < 1.29 is 4.74 Å². The van der Waals surface area contributed by atoms with Crippen LogP contribution in [0.4, 0.5) is 0 Å². The molecule has 0 saturated carbocycles. The molecule has 3 nitrogen and oxygen atoms in total. The Morgan fingerprint density at radius 2 is 1.83 bits per heavy atom. The molecule has 18 heavy (non-hydrogen) atoms. The Hall–Kier alpha value is -1.42. The molecule has 0 aliphatic heterocycles. The first-order chi connectivity index (χ1) is 8.79. The Morgan fingerprint density at radius 1 is 1.17 bits per heavy atom. The molecule has 0 fully saturated rings. The number of hydrogen-bond acceptors (Lipinski definition) is 3. The van der Waals surface area contributed by atoms with E-state index in [-0.39, 0.29) is 0 Å². The van der Waals surface area contributed by atoms with E-state index in [9.17, 15) is 0 Å². The minimum absolute atomic E-state index is 0.362. The van der Waals surface area contributed by atoms with E-state index in [1.165, 1.54) is 5.56 Å². The highest BCUT2D eigenvalue weighted by Gasteiger charge is 2.07. The van der Waals surface area contributed by atoms with Crippen LogP contribution in [-0.2, 0) is 6.42 Å². The van der Waals surface area contributed by atoms with Gasteiger partial charge in [0, 0.05) is 17.2 Å². The maximum absolute atomic E-state index is 4.93. The molecule has 1 atom stereocenters. The predicted molar refractivity (Wildman–Crippen MR) is 75.0 cm³/mol. The van der Waals surface area contributed by atoms with Gasteiger partial charge in [-0.05, 0) is 24.0 Å². The SMILES string of the molecule is COc1ncc(CCC(Br)c2ccccc2)cn1. The maximum atomic E-state index is 4.93. The van der Waals surface area contributed by atoms with Crippen LogP contribution < -0.4 is 4.74 Å². The highest BCUT2D eigenvalue weighted by atomic mass is 79.9. The summed E-state index contributed by atoms with van der Waals surface area (Å²) in [6.45, 7) is 0. The number of halogens is 1. The molecule has 1 aromatic heterocycles. The first-order valence-electron chi connectivity index (χ1n) is 5.83. The van der Waals surface area contributed by atoms with Crippen LogP contribution >= 0.6 is 15.9 Å². The summed E-state index contributed by atoms with van der Waals surface area (Å²) >= 11 is 3.71. The molecule has 0 saturated heterocycles. The second-order valence-electron chi connectivity index (χ2n) is 3.99. The summed E-state index contributed by atoms with van der Waals surface area (Å²) in [5.74, 6) is 0. The van der Waals surface area contributed by atoms with Crippen LogP contribution in [0, 0.1) is 0 Å². The van der Waals surface area contributed by atoms with Gasteiger partial charge < -0.3 is 4.74 Å². The molecule has 1 heterocycles. The maximum Gasteiger partial charge on any atom is 0.316 e. The summed E-state index contributed by atoms with van der Waals surface area (Å²) in [5, 5.41) is 0. The van der Waals surface area contributed by atoms with E-state index in [0.29, 0.717) is 10.8 Å². The van der Waals surface area contributed by atoms with Crippen molar-refractivity contribution in [3.8, 4) is 6.01 Å². The quantitative estimate of drug-likeness (QED) is 0.792. The number of aryl methyl sites for hydroxylation is 1. The minimum Gasteiger partial charge on any atom is -0.467 e. The Kier molecular flexibility index (Phi) is 4.70. The molecule has 0 aliphatic carbocycles. The number of alkyl halides is 1. The summed E-state index contributed by atoms with van der Waals surface area (Å²) < 4.78 is 4.93. The smallest absolute Gasteiger partial charge is 0.316 e. The molecule has 0 amide bonds. The number of aromatic nitrogens is 2. The van der Waals surface area contributed by atoms with Gasteiger partial charge in [-0.25, -0.2) is 9.97 Å². The lowest BCUT2D eigenvalue weighted by Gasteiger charge is -2.09. The van der Waals surface area contributed by atoms with E-state index in [4.69, 9.17) is 4.74 Å². The van der Waals surface area contributed by atoms with Gasteiger partial charge in [-0.1, -0.05) is 46.3 Å². The van der Waals surface area contributed by atoms with Crippen molar-refractivity contribution in [2.24, 2.45) is 0 Å². The zero-order valence-corrected chi connectivity index (χ0v) is 11.8. The van der Waals surface area contributed by atoms with Crippen molar-refractivity contribution in [1.82, 2.24) is 9.97 Å². The fraction of sp³-hybridized carbons (Fsp3) is 0.286. The summed E-state index contributed by atoms with van der Waals surface area (Å²) in [5.41, 5.74) is 2.42. The van der Waals surface area contributed by atoms with Gasteiger partial charge in [0.05, 0.1) is 7.11 Å². The largest absolute Gasteiger partial charge is 0.467 e. The molecule has 2 rings (SSSR count).